The first kappa shape index (κ1) is 16.1. The Morgan fingerprint density at radius 3 is 2.79 bits per heavy atom. The fraction of sp³-hybridized carbons (Fsp3) is 0.250. The molecule has 3 amide bonds. The lowest BCUT2D eigenvalue weighted by Crippen LogP contribution is -2.37. The Labute approximate surface area is 142 Å². The van der Waals surface area contributed by atoms with E-state index in [0.717, 1.165) is 5.69 Å². The third-order valence-electron chi connectivity index (χ3n) is 3.67. The van der Waals surface area contributed by atoms with Crippen molar-refractivity contribution in [3.63, 3.8) is 0 Å². The molecule has 7 nitrogen and oxygen atoms in total. The van der Waals surface area contributed by atoms with Crippen molar-refractivity contribution in [2.75, 3.05) is 23.3 Å². The van der Waals surface area contributed by atoms with Crippen molar-refractivity contribution < 1.29 is 14.4 Å². The summed E-state index contributed by atoms with van der Waals surface area (Å²) in [4.78, 5) is 41.6. The second-order valence-electron chi connectivity index (χ2n) is 5.34. The minimum atomic E-state index is -0.453. The van der Waals surface area contributed by atoms with Crippen LogP contribution < -0.4 is 15.5 Å². The van der Waals surface area contributed by atoms with Crippen molar-refractivity contribution in [1.29, 1.82) is 0 Å². The Bertz CT molecular complexity index is 733. The first-order chi connectivity index (χ1) is 11.6. The maximum absolute atomic E-state index is 12.2. The van der Waals surface area contributed by atoms with E-state index < -0.39 is 5.92 Å². The van der Waals surface area contributed by atoms with Gasteiger partial charge in [0.1, 0.15) is 0 Å². The van der Waals surface area contributed by atoms with Gasteiger partial charge in [-0.05, 0) is 12.1 Å². The average molecular weight is 344 g/mol. The van der Waals surface area contributed by atoms with Crippen molar-refractivity contribution in [2.24, 2.45) is 5.92 Å². The Hall–Kier alpha value is -2.74. The second kappa shape index (κ2) is 7.22. The van der Waals surface area contributed by atoms with Gasteiger partial charge in [-0.1, -0.05) is 18.2 Å². The topological polar surface area (TPSA) is 91.4 Å². The number of nitrogens with zero attached hydrogens (tertiary/aromatic N) is 2. The van der Waals surface area contributed by atoms with Crippen molar-refractivity contribution in [3.8, 4) is 0 Å². The van der Waals surface area contributed by atoms with E-state index in [9.17, 15) is 14.4 Å². The van der Waals surface area contributed by atoms with Crippen LogP contribution in [0.1, 0.15) is 6.42 Å². The molecule has 0 saturated carbocycles. The smallest absolute Gasteiger partial charge is 0.245 e. The zero-order chi connectivity index (χ0) is 16.9. The van der Waals surface area contributed by atoms with Crippen LogP contribution in [0.3, 0.4) is 0 Å². The summed E-state index contributed by atoms with van der Waals surface area (Å²) in [5, 5.41) is 7.40. The van der Waals surface area contributed by atoms with E-state index in [1.54, 1.807) is 16.5 Å². The normalized spacial score (nSPS) is 16.9. The standard InChI is InChI=1S/C16H16N4O3S/c21-13(19-16-17-6-7-24-16)9-18-15(23)11-8-14(22)20(10-11)12-4-2-1-3-5-12/h1-7,11H,8-10H2,(H,18,23)(H,17,19,21)/t11-/m0/s1. The second-order valence-corrected chi connectivity index (χ2v) is 6.24. The highest BCUT2D eigenvalue weighted by Gasteiger charge is 2.35. The van der Waals surface area contributed by atoms with Crippen molar-refractivity contribution in [2.45, 2.75) is 6.42 Å². The molecule has 1 fully saturated rings. The molecule has 1 atom stereocenters. The first-order valence-electron chi connectivity index (χ1n) is 7.46. The zero-order valence-electron chi connectivity index (χ0n) is 12.8. The largest absolute Gasteiger partial charge is 0.347 e. The summed E-state index contributed by atoms with van der Waals surface area (Å²) in [5.41, 5.74) is 0.777. The highest BCUT2D eigenvalue weighted by Crippen LogP contribution is 2.24. The van der Waals surface area contributed by atoms with E-state index >= 15 is 0 Å². The number of hydrogen-bond donors (Lipinski definition) is 2. The number of thiazole rings is 1. The van der Waals surface area contributed by atoms with Crippen LogP contribution in [0.4, 0.5) is 10.8 Å². The van der Waals surface area contributed by atoms with E-state index in [4.69, 9.17) is 0 Å². The van der Waals surface area contributed by atoms with Gasteiger partial charge in [-0.2, -0.15) is 0 Å². The van der Waals surface area contributed by atoms with Crippen LogP contribution in [0, 0.1) is 5.92 Å². The van der Waals surface area contributed by atoms with Gasteiger partial charge < -0.3 is 15.5 Å². The first-order valence-corrected chi connectivity index (χ1v) is 8.34. The zero-order valence-corrected chi connectivity index (χ0v) is 13.6. The third-order valence-corrected chi connectivity index (χ3v) is 4.35. The molecule has 2 aromatic rings. The lowest BCUT2D eigenvalue weighted by atomic mass is 10.1. The minimum Gasteiger partial charge on any atom is -0.347 e. The quantitative estimate of drug-likeness (QED) is 0.854. The average Bonchev–Trinajstić information content (AvgIpc) is 3.23. The number of para-hydroxylation sites is 1. The van der Waals surface area contributed by atoms with Crippen LogP contribution in [0.15, 0.2) is 41.9 Å². The number of hydrogen-bond acceptors (Lipinski definition) is 5. The van der Waals surface area contributed by atoms with Crippen LogP contribution in [-0.4, -0.2) is 35.8 Å². The maximum Gasteiger partial charge on any atom is 0.245 e. The molecular weight excluding hydrogens is 328 g/mol. The van der Waals surface area contributed by atoms with Gasteiger partial charge in [-0.25, -0.2) is 4.98 Å². The SMILES string of the molecule is O=C(CNC(=O)[C@H]1CC(=O)N(c2ccccc2)C1)Nc1nccs1. The Morgan fingerprint density at radius 2 is 2.08 bits per heavy atom. The fourth-order valence-electron chi connectivity index (χ4n) is 2.50. The van der Waals surface area contributed by atoms with Crippen molar-refractivity contribution >= 4 is 39.9 Å². The molecule has 1 aromatic heterocycles. The lowest BCUT2D eigenvalue weighted by Gasteiger charge is -2.16. The summed E-state index contributed by atoms with van der Waals surface area (Å²) >= 11 is 1.30. The predicted octanol–water partition coefficient (Wildman–Crippen LogP) is 1.25. The molecule has 1 aliphatic rings. The molecule has 0 unspecified atom stereocenters. The summed E-state index contributed by atoms with van der Waals surface area (Å²) < 4.78 is 0. The van der Waals surface area contributed by atoms with E-state index in [1.807, 2.05) is 30.3 Å². The van der Waals surface area contributed by atoms with Gasteiger partial charge in [-0.3, -0.25) is 14.4 Å². The van der Waals surface area contributed by atoms with E-state index in [-0.39, 0.29) is 30.7 Å². The van der Waals surface area contributed by atoms with Crippen LogP contribution in [0.2, 0.25) is 0 Å². The molecule has 2 N–H and O–H groups in total. The molecule has 1 aromatic carbocycles. The molecule has 24 heavy (non-hydrogen) atoms. The molecule has 1 saturated heterocycles. The monoisotopic (exact) mass is 344 g/mol. The summed E-state index contributed by atoms with van der Waals surface area (Å²) in [7, 11) is 0. The molecule has 8 heteroatoms. The lowest BCUT2D eigenvalue weighted by molar-refractivity contribution is -0.127. The molecule has 3 rings (SSSR count). The van der Waals surface area contributed by atoms with Crippen molar-refractivity contribution in [1.82, 2.24) is 10.3 Å². The number of benzene rings is 1. The molecule has 2 heterocycles. The minimum absolute atomic E-state index is 0.0893. The fourth-order valence-corrected chi connectivity index (χ4v) is 3.05. The molecule has 0 aliphatic carbocycles. The summed E-state index contributed by atoms with van der Waals surface area (Å²) in [6.07, 6.45) is 1.73. The predicted molar refractivity (Wildman–Crippen MR) is 90.7 cm³/mol. The highest BCUT2D eigenvalue weighted by atomic mass is 32.1. The maximum atomic E-state index is 12.2. The van der Waals surface area contributed by atoms with Gasteiger partial charge in [0.2, 0.25) is 17.7 Å². The summed E-state index contributed by atoms with van der Waals surface area (Å²) in [5.74, 6) is -1.18. The highest BCUT2D eigenvalue weighted by molar-refractivity contribution is 7.13. The number of carbonyl (C=O) groups excluding carboxylic acids is 3. The number of aromatic nitrogens is 1. The molecule has 0 spiro atoms. The van der Waals surface area contributed by atoms with Crippen molar-refractivity contribution in [3.05, 3.63) is 41.9 Å². The molecule has 124 valence electrons. The molecule has 0 bridgehead atoms. The van der Waals surface area contributed by atoms with Gasteiger partial charge in [0, 0.05) is 30.2 Å². The summed E-state index contributed by atoms with van der Waals surface area (Å²) in [6, 6.07) is 9.23. The van der Waals surface area contributed by atoms with Crippen LogP contribution >= 0.6 is 11.3 Å². The van der Waals surface area contributed by atoms with Crippen LogP contribution in [0.5, 0.6) is 0 Å². The summed E-state index contributed by atoms with van der Waals surface area (Å²) in [6.45, 7) is 0.178. The number of carbonyl (C=O) groups is 3. The number of rotatable bonds is 5. The Morgan fingerprint density at radius 1 is 1.29 bits per heavy atom. The number of anilines is 2. The van der Waals surface area contributed by atoms with Gasteiger partial charge in [-0.15, -0.1) is 11.3 Å². The van der Waals surface area contributed by atoms with Gasteiger partial charge in [0.15, 0.2) is 5.13 Å². The Kier molecular flexibility index (Phi) is 4.85. The number of nitrogens with one attached hydrogen (secondary N) is 2. The van der Waals surface area contributed by atoms with Gasteiger partial charge in [0.25, 0.3) is 0 Å². The molecule has 0 radical (unpaired) electrons. The van der Waals surface area contributed by atoms with Gasteiger partial charge >= 0.3 is 0 Å². The molecular formula is C16H16N4O3S. The Balaban J connectivity index is 1.51. The van der Waals surface area contributed by atoms with E-state index in [1.165, 1.54) is 11.3 Å². The van der Waals surface area contributed by atoms with Gasteiger partial charge in [0.05, 0.1) is 12.5 Å². The third kappa shape index (κ3) is 3.77. The number of amides is 3. The van der Waals surface area contributed by atoms with Crippen LogP contribution in [0.25, 0.3) is 0 Å². The van der Waals surface area contributed by atoms with E-state index in [2.05, 4.69) is 15.6 Å². The van der Waals surface area contributed by atoms with Crippen LogP contribution in [-0.2, 0) is 14.4 Å². The van der Waals surface area contributed by atoms with E-state index in [0.29, 0.717) is 11.7 Å². The molecule has 1 aliphatic heterocycles.